The van der Waals surface area contributed by atoms with E-state index in [0.29, 0.717) is 22.4 Å². The first kappa shape index (κ1) is 21.1. The molecule has 132 valence electrons. The Kier molecular flexibility index (Phi) is 7.28. The molecule has 0 aromatic heterocycles. The molecule has 0 aliphatic carbocycles. The molecular formula is C20H37NP2. The van der Waals surface area contributed by atoms with E-state index < -0.39 is 0 Å². The number of rotatable bonds is 5. The minimum atomic E-state index is -0.340. The molecule has 0 saturated heterocycles. The summed E-state index contributed by atoms with van der Waals surface area (Å²) in [6.07, 6.45) is 0. The second-order valence-electron chi connectivity index (χ2n) is 8.85. The second kappa shape index (κ2) is 7.95. The van der Waals surface area contributed by atoms with Crippen molar-refractivity contribution in [1.29, 1.82) is 0 Å². The van der Waals surface area contributed by atoms with Crippen LogP contribution in [0.4, 0.5) is 0 Å². The highest BCUT2D eigenvalue weighted by Crippen LogP contribution is 2.81. The van der Waals surface area contributed by atoms with Crippen LogP contribution in [0, 0.1) is 0 Å². The van der Waals surface area contributed by atoms with Crippen molar-refractivity contribution >= 4 is 20.7 Å². The monoisotopic (exact) mass is 353 g/mol. The summed E-state index contributed by atoms with van der Waals surface area (Å²) in [7, 11) is -0.535. The van der Waals surface area contributed by atoms with Crippen LogP contribution in [0.3, 0.4) is 0 Å². The van der Waals surface area contributed by atoms with Crippen molar-refractivity contribution in [3.8, 4) is 0 Å². The van der Waals surface area contributed by atoms with Crippen LogP contribution in [0.5, 0.6) is 0 Å². The molecule has 1 aromatic rings. The predicted molar refractivity (Wildman–Crippen MR) is 112 cm³/mol. The van der Waals surface area contributed by atoms with Crippen LogP contribution in [0.1, 0.15) is 69.2 Å². The van der Waals surface area contributed by atoms with Gasteiger partial charge in [-0.1, -0.05) is 71.9 Å². The lowest BCUT2D eigenvalue weighted by atomic mass is 10.2. The molecule has 0 unspecified atom stereocenters. The van der Waals surface area contributed by atoms with Gasteiger partial charge in [0, 0.05) is 19.8 Å². The van der Waals surface area contributed by atoms with Crippen molar-refractivity contribution in [3.63, 3.8) is 0 Å². The van der Waals surface area contributed by atoms with Crippen LogP contribution in [-0.4, -0.2) is 27.1 Å². The second-order valence-corrected chi connectivity index (χ2v) is 16.0. The predicted octanol–water partition coefficient (Wildman–Crippen LogP) is 6.82. The third kappa shape index (κ3) is 5.52. The van der Waals surface area contributed by atoms with E-state index in [2.05, 4.69) is 104 Å². The van der Waals surface area contributed by atoms with Gasteiger partial charge in [0.2, 0.25) is 0 Å². The molecule has 1 nitrogen and oxygen atoms in total. The van der Waals surface area contributed by atoms with Crippen molar-refractivity contribution < 1.29 is 0 Å². The fourth-order valence-electron chi connectivity index (χ4n) is 3.52. The molecule has 0 spiro atoms. The Morgan fingerprint density at radius 1 is 0.739 bits per heavy atom. The average molecular weight is 353 g/mol. The van der Waals surface area contributed by atoms with Crippen molar-refractivity contribution in [1.82, 2.24) is 4.67 Å². The van der Waals surface area contributed by atoms with E-state index in [1.165, 1.54) is 0 Å². The first-order valence-corrected chi connectivity index (χ1v) is 12.1. The topological polar surface area (TPSA) is 3.24 Å². The van der Waals surface area contributed by atoms with E-state index >= 15 is 0 Å². The van der Waals surface area contributed by atoms with Crippen molar-refractivity contribution in [2.75, 3.05) is 0 Å². The highest BCUT2D eigenvalue weighted by molar-refractivity contribution is 8.33. The molecule has 0 heterocycles. The zero-order valence-electron chi connectivity index (χ0n) is 16.9. The molecule has 23 heavy (non-hydrogen) atoms. The Morgan fingerprint density at radius 2 is 1.13 bits per heavy atom. The van der Waals surface area contributed by atoms with Crippen LogP contribution in [0.15, 0.2) is 30.3 Å². The quantitative estimate of drug-likeness (QED) is 0.525. The zero-order valence-corrected chi connectivity index (χ0v) is 18.7. The van der Waals surface area contributed by atoms with Gasteiger partial charge in [0.1, 0.15) is 0 Å². The number of benzene rings is 1. The molecule has 1 rings (SSSR count). The number of hydrogen-bond donors (Lipinski definition) is 0. The summed E-state index contributed by atoms with van der Waals surface area (Å²) < 4.78 is 2.80. The summed E-state index contributed by atoms with van der Waals surface area (Å²) in [5.74, 6) is 0. The first-order chi connectivity index (χ1) is 10.4. The molecular weight excluding hydrogens is 316 g/mol. The Bertz CT molecular complexity index is 447. The fourth-order valence-corrected chi connectivity index (χ4v) is 15.1. The summed E-state index contributed by atoms with van der Waals surface area (Å²) >= 11 is 0. The van der Waals surface area contributed by atoms with Crippen LogP contribution in [-0.2, 0) is 0 Å². The molecule has 0 bridgehead atoms. The molecule has 0 aliphatic rings. The molecule has 1 aromatic carbocycles. The summed E-state index contributed by atoms with van der Waals surface area (Å²) in [5.41, 5.74) is 0. The largest absolute Gasteiger partial charge is 0.270 e. The summed E-state index contributed by atoms with van der Waals surface area (Å²) in [5, 5.41) is 2.20. The van der Waals surface area contributed by atoms with Crippen molar-refractivity contribution in [3.05, 3.63) is 30.3 Å². The van der Waals surface area contributed by atoms with Gasteiger partial charge in [-0.15, -0.1) is 0 Å². The number of hydrogen-bond acceptors (Lipinski definition) is 1. The molecule has 0 aliphatic heterocycles. The van der Waals surface area contributed by atoms with E-state index in [-0.39, 0.29) is 15.4 Å². The smallest absolute Gasteiger partial charge is 0.0229 e. The maximum absolute atomic E-state index is 2.80. The number of nitrogens with zero attached hydrogens (tertiary/aromatic N) is 1. The fraction of sp³-hybridized carbons (Fsp3) is 0.700. The Labute approximate surface area is 147 Å². The molecule has 0 N–H and O–H groups in total. The van der Waals surface area contributed by atoms with E-state index in [1.54, 1.807) is 5.30 Å². The lowest BCUT2D eigenvalue weighted by Gasteiger charge is -2.52. The first-order valence-electron chi connectivity index (χ1n) is 8.81. The third-order valence-corrected chi connectivity index (χ3v) is 14.8. The molecule has 0 radical (unpaired) electrons. The lowest BCUT2D eigenvalue weighted by molar-refractivity contribution is 0.328. The molecule has 3 heteroatoms. The third-order valence-electron chi connectivity index (χ3n) is 3.72. The van der Waals surface area contributed by atoms with Gasteiger partial charge in [0.15, 0.2) is 0 Å². The van der Waals surface area contributed by atoms with Crippen LogP contribution < -0.4 is 5.30 Å². The van der Waals surface area contributed by atoms with Crippen LogP contribution in [0.25, 0.3) is 0 Å². The van der Waals surface area contributed by atoms with Gasteiger partial charge in [-0.05, 0) is 50.9 Å². The summed E-state index contributed by atoms with van der Waals surface area (Å²) in [4.78, 5) is 0. The molecule has 1 atom stereocenters. The van der Waals surface area contributed by atoms with Gasteiger partial charge in [0.05, 0.1) is 0 Å². The van der Waals surface area contributed by atoms with Crippen molar-refractivity contribution in [2.24, 2.45) is 0 Å². The standard InChI is InChI=1S/C20H37NP2/c1-16(2)21(17(3)4)22(18-14-12-11-13-15-18)23(19(5,6)7)20(8,9)10/h11-17H,1-10H3/t22-/m1/s1. The Morgan fingerprint density at radius 3 is 1.43 bits per heavy atom. The van der Waals surface area contributed by atoms with Gasteiger partial charge in [-0.25, -0.2) is 0 Å². The maximum Gasteiger partial charge on any atom is 0.0229 e. The molecule has 0 fully saturated rings. The maximum atomic E-state index is 2.80. The van der Waals surface area contributed by atoms with E-state index in [0.717, 1.165) is 0 Å². The normalized spacial score (nSPS) is 15.0. The van der Waals surface area contributed by atoms with Gasteiger partial charge in [-0.3, -0.25) is 4.67 Å². The SMILES string of the molecule is CC(C)N(C(C)C)[P@@](c1ccccc1)P(C(C)(C)C)C(C)(C)C. The molecule has 0 saturated carbocycles. The average Bonchev–Trinajstić information content (AvgIpc) is 2.34. The summed E-state index contributed by atoms with van der Waals surface area (Å²) in [6, 6.07) is 12.4. The van der Waals surface area contributed by atoms with Gasteiger partial charge < -0.3 is 0 Å². The minimum Gasteiger partial charge on any atom is -0.270 e. The van der Waals surface area contributed by atoms with Crippen LogP contribution in [0.2, 0.25) is 0 Å². The summed E-state index contributed by atoms with van der Waals surface area (Å²) in [6.45, 7) is 24.1. The minimum absolute atomic E-state index is 0.196. The van der Waals surface area contributed by atoms with Crippen molar-refractivity contribution in [2.45, 2.75) is 91.6 Å². The zero-order chi connectivity index (χ0) is 18.0. The Balaban J connectivity index is 3.55. The van der Waals surface area contributed by atoms with Crippen LogP contribution >= 0.6 is 15.4 Å². The lowest BCUT2D eigenvalue weighted by Crippen LogP contribution is -2.38. The van der Waals surface area contributed by atoms with Gasteiger partial charge in [0.25, 0.3) is 0 Å². The van der Waals surface area contributed by atoms with E-state index in [4.69, 9.17) is 0 Å². The van der Waals surface area contributed by atoms with Gasteiger partial charge in [-0.2, -0.15) is 0 Å². The van der Waals surface area contributed by atoms with E-state index in [9.17, 15) is 0 Å². The Hall–Kier alpha value is 0.0400. The van der Waals surface area contributed by atoms with Gasteiger partial charge >= 0.3 is 0 Å². The highest BCUT2D eigenvalue weighted by atomic mass is 32.1. The molecule has 0 amide bonds. The van der Waals surface area contributed by atoms with E-state index in [1.807, 2.05) is 0 Å². The highest BCUT2D eigenvalue weighted by Gasteiger charge is 2.44.